The minimum absolute atomic E-state index is 0.960. The minimum Gasteiger partial charge on any atom is -0.378 e. The number of nitrogens with one attached hydrogen (secondary N) is 1. The van der Waals surface area contributed by atoms with Crippen LogP contribution in [0.2, 0.25) is 0 Å². The number of benzene rings is 1. The van der Waals surface area contributed by atoms with Crippen LogP contribution >= 0.6 is 0 Å². The molecule has 0 saturated carbocycles. The minimum atomic E-state index is -0.964. The highest BCUT2D eigenvalue weighted by atomic mass is 16.3. The van der Waals surface area contributed by atoms with Crippen LogP contribution in [0.4, 0.5) is 0 Å². The van der Waals surface area contributed by atoms with Gasteiger partial charge in [0.1, 0.15) is 5.60 Å². The second-order valence-electron chi connectivity index (χ2n) is 6.11. The first-order valence-electron chi connectivity index (χ1n) is 7.00. The topological polar surface area (TPSA) is 39.3 Å². The van der Waals surface area contributed by atoms with Crippen molar-refractivity contribution in [2.75, 3.05) is 13.6 Å². The maximum Gasteiger partial charge on any atom is 0.120 e. The van der Waals surface area contributed by atoms with E-state index in [-0.39, 0.29) is 0 Å². The summed E-state index contributed by atoms with van der Waals surface area (Å²) in [4.78, 5) is 5.87. The van der Waals surface area contributed by atoms with E-state index in [1.54, 1.807) is 13.8 Å². The van der Waals surface area contributed by atoms with Gasteiger partial charge in [-0.1, -0.05) is 24.0 Å². The molecule has 3 nitrogen and oxygen atoms in total. The lowest BCUT2D eigenvalue weighted by Gasteiger charge is -2.22. The number of nitrogens with zero attached hydrogens (tertiary/aromatic N) is 1. The third-order valence-corrected chi connectivity index (χ3v) is 3.70. The summed E-state index contributed by atoms with van der Waals surface area (Å²) in [5.41, 5.74) is 3.82. The molecular weight excluding hydrogens is 248 g/mol. The molecule has 104 valence electrons. The molecule has 1 aromatic heterocycles. The number of para-hydroxylation sites is 1. The average Bonchev–Trinajstić information content (AvgIpc) is 2.74. The van der Waals surface area contributed by atoms with Crippen molar-refractivity contribution in [3.63, 3.8) is 0 Å². The van der Waals surface area contributed by atoms with E-state index < -0.39 is 5.60 Å². The Morgan fingerprint density at radius 1 is 1.35 bits per heavy atom. The maximum absolute atomic E-state index is 9.76. The highest BCUT2D eigenvalue weighted by molar-refractivity contribution is 5.89. The molecule has 0 amide bonds. The van der Waals surface area contributed by atoms with E-state index >= 15 is 0 Å². The average molecular weight is 268 g/mol. The molecule has 3 rings (SSSR count). The number of aromatic nitrogens is 1. The van der Waals surface area contributed by atoms with Gasteiger partial charge in [0.25, 0.3) is 0 Å². The lowest BCUT2D eigenvalue weighted by atomic mass is 10.0. The number of hydrogen-bond donors (Lipinski definition) is 2. The molecule has 0 atom stereocenters. The van der Waals surface area contributed by atoms with Crippen LogP contribution in [0.15, 0.2) is 18.2 Å². The molecule has 0 radical (unpaired) electrons. The van der Waals surface area contributed by atoms with Crippen molar-refractivity contribution in [1.82, 2.24) is 9.88 Å². The van der Waals surface area contributed by atoms with Crippen molar-refractivity contribution in [2.45, 2.75) is 32.4 Å². The number of likely N-dealkylation sites (N-methyl/N-ethyl adjacent to an activating group) is 1. The number of hydrogen-bond acceptors (Lipinski definition) is 2. The molecule has 2 heterocycles. The van der Waals surface area contributed by atoms with Crippen LogP contribution in [0, 0.1) is 11.8 Å². The summed E-state index contributed by atoms with van der Waals surface area (Å²) in [5, 5.41) is 11.0. The summed E-state index contributed by atoms with van der Waals surface area (Å²) < 4.78 is 0. The number of aliphatic hydroxyl groups is 1. The molecule has 20 heavy (non-hydrogen) atoms. The van der Waals surface area contributed by atoms with Gasteiger partial charge >= 0.3 is 0 Å². The summed E-state index contributed by atoms with van der Waals surface area (Å²) in [6.45, 7) is 5.48. The van der Waals surface area contributed by atoms with Crippen LogP contribution in [0.1, 0.15) is 30.7 Å². The second-order valence-corrected chi connectivity index (χ2v) is 6.11. The van der Waals surface area contributed by atoms with E-state index in [0.29, 0.717) is 0 Å². The number of fused-ring (bicyclic) bond motifs is 3. The van der Waals surface area contributed by atoms with Crippen LogP contribution in [-0.4, -0.2) is 34.2 Å². The van der Waals surface area contributed by atoms with Crippen LogP contribution in [0.25, 0.3) is 10.9 Å². The summed E-state index contributed by atoms with van der Waals surface area (Å²) in [6, 6.07) is 6.20. The van der Waals surface area contributed by atoms with Crippen LogP contribution in [0.5, 0.6) is 0 Å². The summed E-state index contributed by atoms with van der Waals surface area (Å²) >= 11 is 0. The van der Waals surface area contributed by atoms with E-state index in [9.17, 15) is 5.11 Å². The zero-order valence-electron chi connectivity index (χ0n) is 12.2. The normalized spacial score (nSPS) is 15.8. The highest BCUT2D eigenvalue weighted by Gasteiger charge is 2.19. The quantitative estimate of drug-likeness (QED) is 0.720. The molecule has 2 N–H and O–H groups in total. The lowest BCUT2D eigenvalue weighted by Crippen LogP contribution is -2.25. The van der Waals surface area contributed by atoms with E-state index in [1.165, 1.54) is 16.6 Å². The lowest BCUT2D eigenvalue weighted by molar-refractivity contribution is 0.143. The Morgan fingerprint density at radius 3 is 2.90 bits per heavy atom. The first kappa shape index (κ1) is 13.2. The summed E-state index contributed by atoms with van der Waals surface area (Å²) in [7, 11) is 2.15. The fraction of sp³-hybridized carbons (Fsp3) is 0.412. The van der Waals surface area contributed by atoms with Crippen molar-refractivity contribution >= 4 is 10.9 Å². The van der Waals surface area contributed by atoms with Gasteiger partial charge in [-0.2, -0.15) is 0 Å². The Balaban J connectivity index is 2.14. The zero-order valence-corrected chi connectivity index (χ0v) is 12.2. The fourth-order valence-electron chi connectivity index (χ4n) is 2.70. The standard InChI is InChI=1S/C17H20N2O/c1-17(2,20)9-7-12-5-4-6-13-14-11-19(3)10-8-15(14)18-16(12)13/h4-6,18,20H,8,10-11H2,1-3H3. The highest BCUT2D eigenvalue weighted by Crippen LogP contribution is 2.28. The molecule has 0 aliphatic carbocycles. The maximum atomic E-state index is 9.76. The predicted molar refractivity (Wildman–Crippen MR) is 81.5 cm³/mol. The Bertz CT molecular complexity index is 710. The summed E-state index contributed by atoms with van der Waals surface area (Å²) in [5.74, 6) is 6.00. The fourth-order valence-corrected chi connectivity index (χ4v) is 2.70. The van der Waals surface area contributed by atoms with Crippen molar-refractivity contribution in [2.24, 2.45) is 0 Å². The van der Waals surface area contributed by atoms with Gasteiger partial charge in [0.05, 0.1) is 5.52 Å². The first-order valence-corrected chi connectivity index (χ1v) is 7.00. The van der Waals surface area contributed by atoms with Gasteiger partial charge in [0.15, 0.2) is 0 Å². The Kier molecular flexibility index (Phi) is 3.08. The van der Waals surface area contributed by atoms with Crippen molar-refractivity contribution in [3.8, 4) is 11.8 Å². The van der Waals surface area contributed by atoms with E-state index in [4.69, 9.17) is 0 Å². The Labute approximate surface area is 119 Å². The number of rotatable bonds is 0. The molecule has 1 aromatic carbocycles. The molecular formula is C17H20N2O. The Hall–Kier alpha value is -1.76. The van der Waals surface area contributed by atoms with Gasteiger partial charge in [-0.15, -0.1) is 0 Å². The summed E-state index contributed by atoms with van der Waals surface area (Å²) in [6.07, 6.45) is 1.05. The first-order chi connectivity index (χ1) is 9.44. The molecule has 0 fully saturated rings. The molecule has 2 aromatic rings. The molecule has 3 heteroatoms. The van der Waals surface area contributed by atoms with Crippen LogP contribution < -0.4 is 0 Å². The molecule has 1 aliphatic heterocycles. The molecule has 0 bridgehead atoms. The molecule has 0 saturated heterocycles. The third kappa shape index (κ3) is 2.45. The van der Waals surface area contributed by atoms with Crippen molar-refractivity contribution in [1.29, 1.82) is 0 Å². The molecule has 1 aliphatic rings. The van der Waals surface area contributed by atoms with Crippen molar-refractivity contribution in [3.05, 3.63) is 35.0 Å². The monoisotopic (exact) mass is 268 g/mol. The molecule has 0 unspecified atom stereocenters. The predicted octanol–water partition coefficient (Wildman–Crippen LogP) is 2.28. The Morgan fingerprint density at radius 2 is 2.15 bits per heavy atom. The van der Waals surface area contributed by atoms with Gasteiger partial charge < -0.3 is 15.0 Å². The van der Waals surface area contributed by atoms with Crippen LogP contribution in [-0.2, 0) is 13.0 Å². The smallest absolute Gasteiger partial charge is 0.120 e. The molecule has 0 spiro atoms. The van der Waals surface area contributed by atoms with E-state index in [1.807, 2.05) is 12.1 Å². The van der Waals surface area contributed by atoms with Gasteiger partial charge in [0.2, 0.25) is 0 Å². The van der Waals surface area contributed by atoms with Gasteiger partial charge in [0, 0.05) is 36.2 Å². The number of H-pyrrole nitrogens is 1. The second kappa shape index (κ2) is 4.66. The van der Waals surface area contributed by atoms with Gasteiger partial charge in [-0.25, -0.2) is 0 Å². The van der Waals surface area contributed by atoms with Crippen LogP contribution in [0.3, 0.4) is 0 Å². The van der Waals surface area contributed by atoms with Gasteiger partial charge in [-0.05, 0) is 32.5 Å². The van der Waals surface area contributed by atoms with Crippen molar-refractivity contribution < 1.29 is 5.11 Å². The van der Waals surface area contributed by atoms with E-state index in [0.717, 1.165) is 30.6 Å². The zero-order chi connectivity index (χ0) is 14.3. The third-order valence-electron chi connectivity index (χ3n) is 3.70. The largest absolute Gasteiger partial charge is 0.378 e. The van der Waals surface area contributed by atoms with Gasteiger partial charge in [-0.3, -0.25) is 0 Å². The van der Waals surface area contributed by atoms with E-state index in [2.05, 4.69) is 34.8 Å². The number of aromatic amines is 1. The SMILES string of the molecule is CN1CCc2[nH]c3c(C#CC(C)(C)O)cccc3c2C1.